The van der Waals surface area contributed by atoms with E-state index < -0.39 is 0 Å². The van der Waals surface area contributed by atoms with Gasteiger partial charge in [-0.25, -0.2) is 4.79 Å². The van der Waals surface area contributed by atoms with E-state index in [4.69, 9.17) is 6.42 Å². The summed E-state index contributed by atoms with van der Waals surface area (Å²) in [6.07, 6.45) is 5.12. The Morgan fingerprint density at radius 1 is 1.82 bits per heavy atom. The molecule has 0 unspecified atom stereocenters. The summed E-state index contributed by atoms with van der Waals surface area (Å²) in [6, 6.07) is -0.0621. The fraction of sp³-hybridized carbons (Fsp3) is 0.625. The van der Waals surface area contributed by atoms with Crippen LogP contribution in [0.25, 0.3) is 0 Å². The summed E-state index contributed by atoms with van der Waals surface area (Å²) in [5, 5.41) is 2.74. The van der Waals surface area contributed by atoms with Gasteiger partial charge in [-0.2, -0.15) is 0 Å². The number of hydrogen-bond donors (Lipinski definition) is 1. The van der Waals surface area contributed by atoms with Gasteiger partial charge in [0, 0.05) is 6.54 Å². The lowest BCUT2D eigenvalue weighted by Crippen LogP contribution is -2.42. The Kier molecular flexibility index (Phi) is 1.77. The molecule has 1 heterocycles. The number of nitrogens with zero attached hydrogens (tertiary/aromatic N) is 1. The summed E-state index contributed by atoms with van der Waals surface area (Å²) in [5.74, 6) is 2.46. The summed E-state index contributed by atoms with van der Waals surface area (Å²) in [5.41, 5.74) is -0.135. The second-order valence-corrected chi connectivity index (χ2v) is 3.26. The minimum absolute atomic E-state index is 0.0621. The van der Waals surface area contributed by atoms with Crippen molar-refractivity contribution in [3.8, 4) is 12.3 Å². The average molecular weight is 152 g/mol. The molecule has 0 aromatic carbocycles. The summed E-state index contributed by atoms with van der Waals surface area (Å²) in [6.45, 7) is 5.04. The van der Waals surface area contributed by atoms with E-state index in [2.05, 4.69) is 11.2 Å². The molecule has 1 aliphatic rings. The third-order valence-electron chi connectivity index (χ3n) is 1.90. The van der Waals surface area contributed by atoms with Crippen LogP contribution in [0, 0.1) is 12.3 Å². The minimum Gasteiger partial charge on any atom is -0.336 e. The molecule has 1 fully saturated rings. The maximum Gasteiger partial charge on any atom is 0.318 e. The van der Waals surface area contributed by atoms with Gasteiger partial charge in [0.1, 0.15) is 0 Å². The van der Waals surface area contributed by atoms with Gasteiger partial charge in [-0.3, -0.25) is 0 Å². The van der Waals surface area contributed by atoms with Gasteiger partial charge in [-0.15, -0.1) is 6.42 Å². The monoisotopic (exact) mass is 152 g/mol. The lowest BCUT2D eigenvalue weighted by Gasteiger charge is -2.27. The van der Waals surface area contributed by atoms with Crippen molar-refractivity contribution in [3.63, 3.8) is 0 Å². The molecule has 1 rings (SSSR count). The van der Waals surface area contributed by atoms with E-state index in [1.165, 1.54) is 0 Å². The summed E-state index contributed by atoms with van der Waals surface area (Å²) in [7, 11) is 0. The van der Waals surface area contributed by atoms with Gasteiger partial charge in [0.15, 0.2) is 0 Å². The number of carbonyl (C=O) groups excluding carboxylic acids is 1. The van der Waals surface area contributed by atoms with Crippen molar-refractivity contribution in [3.05, 3.63) is 0 Å². The first kappa shape index (κ1) is 7.93. The Labute approximate surface area is 66.8 Å². The fourth-order valence-corrected chi connectivity index (χ4v) is 1.13. The average Bonchev–Trinajstić information content (AvgIpc) is 2.16. The van der Waals surface area contributed by atoms with Crippen molar-refractivity contribution in [1.29, 1.82) is 0 Å². The van der Waals surface area contributed by atoms with Crippen molar-refractivity contribution in [2.45, 2.75) is 19.4 Å². The predicted octanol–water partition coefficient (Wildman–Crippen LogP) is 0.423. The Morgan fingerprint density at radius 2 is 2.45 bits per heavy atom. The van der Waals surface area contributed by atoms with E-state index in [9.17, 15) is 4.79 Å². The van der Waals surface area contributed by atoms with Gasteiger partial charge >= 0.3 is 6.03 Å². The van der Waals surface area contributed by atoms with Crippen molar-refractivity contribution >= 4 is 6.03 Å². The molecule has 0 radical (unpaired) electrons. The molecule has 1 aliphatic heterocycles. The Balaban J connectivity index is 2.74. The van der Waals surface area contributed by atoms with Gasteiger partial charge in [0.2, 0.25) is 0 Å². The lowest BCUT2D eigenvalue weighted by atomic mass is 10.1. The highest BCUT2D eigenvalue weighted by atomic mass is 16.2. The third kappa shape index (κ3) is 1.30. The van der Waals surface area contributed by atoms with Crippen LogP contribution in [0.5, 0.6) is 0 Å². The summed E-state index contributed by atoms with van der Waals surface area (Å²) < 4.78 is 0. The number of terminal acetylenes is 1. The molecule has 11 heavy (non-hydrogen) atoms. The molecule has 60 valence electrons. The zero-order valence-electron chi connectivity index (χ0n) is 6.85. The van der Waals surface area contributed by atoms with Crippen LogP contribution < -0.4 is 5.32 Å². The molecule has 0 atom stereocenters. The minimum atomic E-state index is -0.135. The van der Waals surface area contributed by atoms with Crippen LogP contribution >= 0.6 is 0 Å². The first-order valence-electron chi connectivity index (χ1n) is 3.57. The number of rotatable bonds is 1. The molecular formula is C8H12N2O. The Morgan fingerprint density at radius 3 is 2.82 bits per heavy atom. The number of urea groups is 1. The van der Waals surface area contributed by atoms with Crippen molar-refractivity contribution in [2.24, 2.45) is 0 Å². The molecule has 2 amide bonds. The fourth-order valence-electron chi connectivity index (χ4n) is 1.13. The normalized spacial score (nSPS) is 21.2. The van der Waals surface area contributed by atoms with Crippen LogP contribution in [0.1, 0.15) is 13.8 Å². The highest BCUT2D eigenvalue weighted by Gasteiger charge is 2.36. The van der Waals surface area contributed by atoms with Gasteiger partial charge < -0.3 is 10.2 Å². The van der Waals surface area contributed by atoms with Crippen LogP contribution in [-0.2, 0) is 0 Å². The van der Waals surface area contributed by atoms with Crippen molar-refractivity contribution in [2.75, 3.05) is 13.1 Å². The third-order valence-corrected chi connectivity index (χ3v) is 1.90. The van der Waals surface area contributed by atoms with E-state index in [1.807, 2.05) is 13.8 Å². The topological polar surface area (TPSA) is 32.3 Å². The molecule has 0 aromatic rings. The molecule has 1 saturated heterocycles. The standard InChI is InChI=1S/C8H12N2O/c1-4-5-10-7(11)9-6-8(10,2)3/h1H,5-6H2,2-3H3,(H,9,11). The molecule has 0 aromatic heterocycles. The SMILES string of the molecule is C#CCN1C(=O)NCC1(C)C. The molecule has 0 spiro atoms. The van der Waals surface area contributed by atoms with Gasteiger partial charge in [-0.1, -0.05) is 5.92 Å². The molecule has 0 saturated carbocycles. The molecule has 3 heteroatoms. The first-order chi connectivity index (χ1) is 5.08. The zero-order chi connectivity index (χ0) is 8.48. The first-order valence-corrected chi connectivity index (χ1v) is 3.57. The highest BCUT2D eigenvalue weighted by molar-refractivity contribution is 5.78. The van der Waals surface area contributed by atoms with Crippen LogP contribution in [0.15, 0.2) is 0 Å². The van der Waals surface area contributed by atoms with E-state index in [1.54, 1.807) is 4.90 Å². The molecule has 0 bridgehead atoms. The maximum atomic E-state index is 11.1. The Hall–Kier alpha value is -1.17. The summed E-state index contributed by atoms with van der Waals surface area (Å²) in [4.78, 5) is 12.8. The maximum absolute atomic E-state index is 11.1. The van der Waals surface area contributed by atoms with Crippen LogP contribution in [0.2, 0.25) is 0 Å². The molecule has 0 aliphatic carbocycles. The van der Waals surface area contributed by atoms with Crippen LogP contribution in [-0.4, -0.2) is 29.6 Å². The van der Waals surface area contributed by atoms with E-state index in [-0.39, 0.29) is 11.6 Å². The molecule has 3 nitrogen and oxygen atoms in total. The second kappa shape index (κ2) is 2.46. The molecular weight excluding hydrogens is 140 g/mol. The Bertz CT molecular complexity index is 215. The van der Waals surface area contributed by atoms with Gasteiger partial charge in [0.25, 0.3) is 0 Å². The smallest absolute Gasteiger partial charge is 0.318 e. The summed E-state index contributed by atoms with van der Waals surface area (Å²) >= 11 is 0. The van der Waals surface area contributed by atoms with Crippen molar-refractivity contribution < 1.29 is 4.79 Å². The van der Waals surface area contributed by atoms with Gasteiger partial charge in [-0.05, 0) is 13.8 Å². The number of nitrogens with one attached hydrogen (secondary N) is 1. The zero-order valence-corrected chi connectivity index (χ0v) is 6.85. The number of hydrogen-bond acceptors (Lipinski definition) is 1. The quantitative estimate of drug-likeness (QED) is 0.543. The second-order valence-electron chi connectivity index (χ2n) is 3.26. The van der Waals surface area contributed by atoms with Gasteiger partial charge in [0.05, 0.1) is 12.1 Å². The van der Waals surface area contributed by atoms with Crippen LogP contribution in [0.4, 0.5) is 4.79 Å². The number of carbonyl (C=O) groups is 1. The molecule has 1 N–H and O–H groups in total. The predicted molar refractivity (Wildman–Crippen MR) is 43.0 cm³/mol. The van der Waals surface area contributed by atoms with Crippen LogP contribution in [0.3, 0.4) is 0 Å². The highest BCUT2D eigenvalue weighted by Crippen LogP contribution is 2.17. The van der Waals surface area contributed by atoms with Crippen molar-refractivity contribution in [1.82, 2.24) is 10.2 Å². The van der Waals surface area contributed by atoms with E-state index in [0.717, 1.165) is 0 Å². The van der Waals surface area contributed by atoms with E-state index in [0.29, 0.717) is 13.1 Å². The lowest BCUT2D eigenvalue weighted by molar-refractivity contribution is 0.188. The largest absolute Gasteiger partial charge is 0.336 e. The van der Waals surface area contributed by atoms with E-state index >= 15 is 0 Å². The number of amides is 2.